The van der Waals surface area contributed by atoms with Crippen LogP contribution in [0.5, 0.6) is 17.2 Å². The van der Waals surface area contributed by atoms with Gasteiger partial charge in [0.05, 0.1) is 18.4 Å². The van der Waals surface area contributed by atoms with Crippen LogP contribution in [0.3, 0.4) is 0 Å². The predicted molar refractivity (Wildman–Crippen MR) is 108 cm³/mol. The van der Waals surface area contributed by atoms with E-state index in [1.807, 2.05) is 42.7 Å². The summed E-state index contributed by atoms with van der Waals surface area (Å²) in [5.41, 5.74) is 3.71. The van der Waals surface area contributed by atoms with Crippen molar-refractivity contribution in [3.8, 4) is 22.9 Å². The molecule has 7 heteroatoms. The average Bonchev–Trinajstić information content (AvgIpc) is 3.29. The van der Waals surface area contributed by atoms with Crippen LogP contribution in [0.15, 0.2) is 42.5 Å². The lowest BCUT2D eigenvalue weighted by Gasteiger charge is -2.14. The second kappa shape index (κ2) is 7.72. The van der Waals surface area contributed by atoms with Gasteiger partial charge in [0, 0.05) is 16.4 Å². The first-order valence-electron chi connectivity index (χ1n) is 9.06. The lowest BCUT2D eigenvalue weighted by molar-refractivity contribution is 0.0471. The van der Waals surface area contributed by atoms with Gasteiger partial charge in [-0.3, -0.25) is 0 Å². The zero-order chi connectivity index (χ0) is 20.5. The van der Waals surface area contributed by atoms with Gasteiger partial charge in [0.2, 0.25) is 6.79 Å². The molecule has 0 atom stereocenters. The van der Waals surface area contributed by atoms with Gasteiger partial charge in [-0.2, -0.15) is 0 Å². The Morgan fingerprint density at radius 1 is 1.10 bits per heavy atom. The van der Waals surface area contributed by atoms with E-state index in [0.29, 0.717) is 27.8 Å². The maximum atomic E-state index is 12.7. The van der Waals surface area contributed by atoms with E-state index in [2.05, 4.69) is 0 Å². The molecule has 0 bridgehead atoms. The van der Waals surface area contributed by atoms with Gasteiger partial charge in [0.1, 0.15) is 12.4 Å². The van der Waals surface area contributed by atoms with E-state index < -0.39 is 5.97 Å². The van der Waals surface area contributed by atoms with Gasteiger partial charge < -0.3 is 23.5 Å². The Hall–Kier alpha value is -3.12. The average molecular weight is 414 g/mol. The molecule has 2 heterocycles. The van der Waals surface area contributed by atoms with E-state index in [9.17, 15) is 4.79 Å². The van der Waals surface area contributed by atoms with Crippen molar-refractivity contribution < 1.29 is 23.7 Å². The molecule has 150 valence electrons. The minimum absolute atomic E-state index is 0.139. The van der Waals surface area contributed by atoms with Crippen molar-refractivity contribution in [1.29, 1.82) is 0 Å². The molecule has 4 rings (SSSR count). The van der Waals surface area contributed by atoms with Crippen LogP contribution >= 0.6 is 11.6 Å². The van der Waals surface area contributed by atoms with Crippen LogP contribution in [-0.4, -0.2) is 24.4 Å². The summed E-state index contributed by atoms with van der Waals surface area (Å²) in [7, 11) is 1.60. The molecule has 0 unspecified atom stereocenters. The fourth-order valence-electron chi connectivity index (χ4n) is 3.44. The number of hydrogen-bond donors (Lipinski definition) is 0. The van der Waals surface area contributed by atoms with Crippen molar-refractivity contribution in [3.05, 3.63) is 70.0 Å². The number of carbonyl (C=O) groups is 1. The lowest BCUT2D eigenvalue weighted by atomic mass is 10.2. The first-order chi connectivity index (χ1) is 14.0. The lowest BCUT2D eigenvalue weighted by Crippen LogP contribution is -2.08. The van der Waals surface area contributed by atoms with Gasteiger partial charge in [-0.25, -0.2) is 4.79 Å². The van der Waals surface area contributed by atoms with Crippen molar-refractivity contribution in [1.82, 2.24) is 4.57 Å². The van der Waals surface area contributed by atoms with Crippen molar-refractivity contribution in [3.63, 3.8) is 0 Å². The molecule has 6 nitrogen and oxygen atoms in total. The number of aryl methyl sites for hydroxylation is 1. The van der Waals surface area contributed by atoms with E-state index in [0.717, 1.165) is 22.6 Å². The molecular weight excluding hydrogens is 394 g/mol. The Kier molecular flexibility index (Phi) is 5.11. The summed E-state index contributed by atoms with van der Waals surface area (Å²) in [5.74, 6) is 1.61. The Morgan fingerprint density at radius 2 is 1.90 bits per heavy atom. The highest BCUT2D eigenvalue weighted by molar-refractivity contribution is 6.30. The molecule has 1 aliphatic rings. The number of esters is 1. The topological polar surface area (TPSA) is 58.9 Å². The molecule has 0 aliphatic carbocycles. The summed E-state index contributed by atoms with van der Waals surface area (Å²) in [6.45, 7) is 4.13. The molecule has 0 spiro atoms. The third-order valence-electron chi connectivity index (χ3n) is 4.84. The number of nitrogens with zero attached hydrogens (tertiary/aromatic N) is 1. The molecule has 2 aromatic carbocycles. The van der Waals surface area contributed by atoms with Gasteiger partial charge in [-0.15, -0.1) is 0 Å². The van der Waals surface area contributed by atoms with E-state index in [1.165, 1.54) is 0 Å². The third kappa shape index (κ3) is 3.63. The molecule has 0 saturated heterocycles. The van der Waals surface area contributed by atoms with Gasteiger partial charge >= 0.3 is 5.97 Å². The van der Waals surface area contributed by atoms with E-state index >= 15 is 0 Å². The summed E-state index contributed by atoms with van der Waals surface area (Å²) in [4.78, 5) is 12.7. The minimum Gasteiger partial charge on any atom is -0.495 e. The number of hydrogen-bond acceptors (Lipinski definition) is 5. The van der Waals surface area contributed by atoms with Crippen molar-refractivity contribution >= 4 is 17.6 Å². The molecule has 0 radical (unpaired) electrons. The molecule has 1 aromatic heterocycles. The van der Waals surface area contributed by atoms with Crippen LogP contribution < -0.4 is 14.2 Å². The molecule has 0 amide bonds. The normalized spacial score (nSPS) is 12.1. The van der Waals surface area contributed by atoms with E-state index in [4.69, 9.17) is 30.5 Å². The number of methoxy groups -OCH3 is 1. The Bertz CT molecular complexity index is 1090. The Labute approximate surface area is 173 Å². The van der Waals surface area contributed by atoms with Crippen molar-refractivity contribution in [2.45, 2.75) is 20.5 Å². The second-order valence-electron chi connectivity index (χ2n) is 6.70. The van der Waals surface area contributed by atoms with Crippen LogP contribution in [0, 0.1) is 13.8 Å². The molecule has 0 saturated carbocycles. The van der Waals surface area contributed by atoms with Crippen LogP contribution in [0.1, 0.15) is 27.3 Å². The summed E-state index contributed by atoms with van der Waals surface area (Å²) in [6.07, 6.45) is 0. The maximum Gasteiger partial charge on any atom is 0.340 e. The smallest absolute Gasteiger partial charge is 0.340 e. The molecule has 0 N–H and O–H groups in total. The minimum atomic E-state index is -0.400. The molecular formula is C22H20ClNO5. The zero-order valence-corrected chi connectivity index (χ0v) is 17.1. The fraction of sp³-hybridized carbons (Fsp3) is 0.227. The fourth-order valence-corrected chi connectivity index (χ4v) is 3.60. The van der Waals surface area contributed by atoms with Crippen molar-refractivity contribution in [2.75, 3.05) is 13.9 Å². The molecule has 0 fully saturated rings. The highest BCUT2D eigenvalue weighted by atomic mass is 35.5. The number of aromatic nitrogens is 1. The number of fused-ring (bicyclic) bond motifs is 1. The van der Waals surface area contributed by atoms with Crippen LogP contribution in [0.25, 0.3) is 5.69 Å². The van der Waals surface area contributed by atoms with Crippen LogP contribution in [0.2, 0.25) is 5.02 Å². The second-order valence-corrected chi connectivity index (χ2v) is 7.14. The van der Waals surface area contributed by atoms with Crippen molar-refractivity contribution in [2.24, 2.45) is 0 Å². The maximum absolute atomic E-state index is 12.7. The molecule has 3 aromatic rings. The first kappa shape index (κ1) is 19.2. The SMILES string of the molecule is COc1ccc(Cl)cc1-n1c(C)cc(C(=O)OCc2ccc3c(c2)OCO3)c1C. The third-order valence-corrected chi connectivity index (χ3v) is 5.07. The molecule has 29 heavy (non-hydrogen) atoms. The molecule has 1 aliphatic heterocycles. The van der Waals surface area contributed by atoms with Gasteiger partial charge in [-0.1, -0.05) is 17.7 Å². The summed E-state index contributed by atoms with van der Waals surface area (Å²) < 4.78 is 23.6. The van der Waals surface area contributed by atoms with Gasteiger partial charge in [0.25, 0.3) is 0 Å². The number of halogens is 1. The summed E-state index contributed by atoms with van der Waals surface area (Å²) in [6, 6.07) is 12.6. The zero-order valence-electron chi connectivity index (χ0n) is 16.3. The summed E-state index contributed by atoms with van der Waals surface area (Å²) in [5, 5.41) is 0.584. The first-order valence-corrected chi connectivity index (χ1v) is 9.44. The summed E-state index contributed by atoms with van der Waals surface area (Å²) >= 11 is 6.18. The standard InChI is InChI=1S/C22H20ClNO5/c1-13-8-17(14(2)24(13)18-10-16(23)5-7-19(18)26-3)22(25)27-11-15-4-6-20-21(9-15)29-12-28-20/h4-10H,11-12H2,1-3H3. The predicted octanol–water partition coefficient (Wildman–Crippen LogP) is 4.84. The van der Waals surface area contributed by atoms with E-state index in [1.54, 1.807) is 25.3 Å². The monoisotopic (exact) mass is 413 g/mol. The van der Waals surface area contributed by atoms with E-state index in [-0.39, 0.29) is 13.4 Å². The number of rotatable bonds is 5. The Morgan fingerprint density at radius 3 is 2.69 bits per heavy atom. The quantitative estimate of drug-likeness (QED) is 0.560. The van der Waals surface area contributed by atoms with Gasteiger partial charge in [0.15, 0.2) is 11.5 Å². The largest absolute Gasteiger partial charge is 0.495 e. The van der Waals surface area contributed by atoms with Crippen LogP contribution in [0.4, 0.5) is 0 Å². The number of carbonyl (C=O) groups excluding carboxylic acids is 1. The highest BCUT2D eigenvalue weighted by Gasteiger charge is 2.20. The number of benzene rings is 2. The van der Waals surface area contributed by atoms with Crippen LogP contribution in [-0.2, 0) is 11.3 Å². The van der Waals surface area contributed by atoms with Gasteiger partial charge in [-0.05, 0) is 55.8 Å². The number of ether oxygens (including phenoxy) is 4. The highest BCUT2D eigenvalue weighted by Crippen LogP contribution is 2.33. The Balaban J connectivity index is 1.57.